The third-order valence-corrected chi connectivity index (χ3v) is 5.89. The highest BCUT2D eigenvalue weighted by Crippen LogP contribution is 2.35. The standard InChI is InChI=1S/C22H22N2O2S/c25-21(22(7-9-26-10-8-22)20-4-2-1-3-5-20)24-14-17-12-19(15-23-13-17)18-6-11-27-16-18/h1-6,11-13,15-16H,7-10,14H2,(H,24,25). The van der Waals surface area contributed by atoms with Gasteiger partial charge in [-0.2, -0.15) is 11.3 Å². The van der Waals surface area contributed by atoms with E-state index in [1.807, 2.05) is 42.7 Å². The first-order valence-corrected chi connectivity index (χ1v) is 10.1. The summed E-state index contributed by atoms with van der Waals surface area (Å²) in [6.45, 7) is 1.69. The molecule has 0 atom stereocenters. The zero-order valence-electron chi connectivity index (χ0n) is 15.1. The van der Waals surface area contributed by atoms with Crippen molar-refractivity contribution in [3.8, 4) is 11.1 Å². The third-order valence-electron chi connectivity index (χ3n) is 5.21. The highest BCUT2D eigenvalue weighted by molar-refractivity contribution is 7.08. The molecule has 2 aromatic heterocycles. The van der Waals surface area contributed by atoms with Gasteiger partial charge < -0.3 is 10.1 Å². The molecule has 1 saturated heterocycles. The smallest absolute Gasteiger partial charge is 0.231 e. The largest absolute Gasteiger partial charge is 0.381 e. The van der Waals surface area contributed by atoms with Crippen molar-refractivity contribution in [2.24, 2.45) is 0 Å². The number of ether oxygens (including phenoxy) is 1. The van der Waals surface area contributed by atoms with Crippen LogP contribution in [0.15, 0.2) is 65.6 Å². The van der Waals surface area contributed by atoms with Crippen LogP contribution in [0, 0.1) is 0 Å². The summed E-state index contributed by atoms with van der Waals surface area (Å²) in [5, 5.41) is 7.31. The van der Waals surface area contributed by atoms with Crippen LogP contribution in [-0.2, 0) is 21.5 Å². The van der Waals surface area contributed by atoms with Gasteiger partial charge in [0.2, 0.25) is 5.91 Å². The zero-order valence-corrected chi connectivity index (χ0v) is 15.9. The lowest BCUT2D eigenvalue weighted by Crippen LogP contribution is -2.47. The lowest BCUT2D eigenvalue weighted by molar-refractivity contribution is -0.130. The first-order chi connectivity index (χ1) is 13.3. The fourth-order valence-electron chi connectivity index (χ4n) is 3.65. The average Bonchev–Trinajstić information content (AvgIpc) is 3.28. The Labute approximate surface area is 163 Å². The summed E-state index contributed by atoms with van der Waals surface area (Å²) in [5.41, 5.74) is 3.79. The van der Waals surface area contributed by atoms with Gasteiger partial charge in [0.05, 0.1) is 5.41 Å². The molecule has 1 aliphatic rings. The van der Waals surface area contributed by atoms with E-state index < -0.39 is 5.41 Å². The van der Waals surface area contributed by atoms with Crippen LogP contribution in [0.4, 0.5) is 0 Å². The van der Waals surface area contributed by atoms with E-state index in [0.29, 0.717) is 32.6 Å². The number of nitrogens with one attached hydrogen (secondary N) is 1. The van der Waals surface area contributed by atoms with Gasteiger partial charge in [0.25, 0.3) is 0 Å². The highest BCUT2D eigenvalue weighted by Gasteiger charge is 2.41. The second-order valence-electron chi connectivity index (χ2n) is 6.84. The van der Waals surface area contributed by atoms with Crippen molar-refractivity contribution in [3.63, 3.8) is 0 Å². The number of aromatic nitrogens is 1. The van der Waals surface area contributed by atoms with Crippen LogP contribution >= 0.6 is 11.3 Å². The van der Waals surface area contributed by atoms with Gasteiger partial charge in [0.1, 0.15) is 0 Å². The van der Waals surface area contributed by atoms with E-state index in [1.54, 1.807) is 11.3 Å². The van der Waals surface area contributed by atoms with Crippen molar-refractivity contribution in [1.82, 2.24) is 10.3 Å². The molecule has 1 N–H and O–H groups in total. The van der Waals surface area contributed by atoms with Crippen molar-refractivity contribution >= 4 is 17.2 Å². The van der Waals surface area contributed by atoms with Gasteiger partial charge >= 0.3 is 0 Å². The van der Waals surface area contributed by atoms with E-state index in [9.17, 15) is 4.79 Å². The van der Waals surface area contributed by atoms with Crippen molar-refractivity contribution < 1.29 is 9.53 Å². The van der Waals surface area contributed by atoms with Gasteiger partial charge in [-0.05, 0) is 52.4 Å². The van der Waals surface area contributed by atoms with E-state index in [0.717, 1.165) is 22.3 Å². The molecule has 0 spiro atoms. The van der Waals surface area contributed by atoms with Crippen LogP contribution in [0.25, 0.3) is 11.1 Å². The number of amides is 1. The fraction of sp³-hybridized carbons (Fsp3) is 0.273. The number of carbonyl (C=O) groups is 1. The SMILES string of the molecule is O=C(NCc1cncc(-c2ccsc2)c1)C1(c2ccccc2)CCOCC1. The van der Waals surface area contributed by atoms with E-state index in [4.69, 9.17) is 4.74 Å². The maximum absolute atomic E-state index is 13.2. The second kappa shape index (κ2) is 8.03. The molecule has 1 amide bonds. The van der Waals surface area contributed by atoms with Crippen LogP contribution in [0.2, 0.25) is 0 Å². The molecule has 3 aromatic rings. The Morgan fingerprint density at radius 2 is 1.93 bits per heavy atom. The summed E-state index contributed by atoms with van der Waals surface area (Å²) in [7, 11) is 0. The van der Waals surface area contributed by atoms with Crippen LogP contribution in [0.5, 0.6) is 0 Å². The minimum atomic E-state index is -0.516. The molecule has 0 radical (unpaired) electrons. The van der Waals surface area contributed by atoms with Gasteiger partial charge in [-0.1, -0.05) is 30.3 Å². The monoisotopic (exact) mass is 378 g/mol. The maximum atomic E-state index is 13.2. The minimum absolute atomic E-state index is 0.0675. The van der Waals surface area contributed by atoms with Crippen molar-refractivity contribution in [2.75, 3.05) is 13.2 Å². The normalized spacial score (nSPS) is 16.0. The predicted octanol–water partition coefficient (Wildman–Crippen LogP) is 4.17. The summed E-state index contributed by atoms with van der Waals surface area (Å²) in [6.07, 6.45) is 5.08. The Balaban J connectivity index is 1.52. The predicted molar refractivity (Wildman–Crippen MR) is 108 cm³/mol. The van der Waals surface area contributed by atoms with Crippen molar-refractivity contribution in [1.29, 1.82) is 0 Å². The number of hydrogen-bond acceptors (Lipinski definition) is 4. The van der Waals surface area contributed by atoms with Crippen LogP contribution < -0.4 is 5.32 Å². The molecule has 5 heteroatoms. The molecule has 0 aliphatic carbocycles. The Morgan fingerprint density at radius 1 is 1.11 bits per heavy atom. The molecule has 4 nitrogen and oxygen atoms in total. The van der Waals surface area contributed by atoms with E-state index >= 15 is 0 Å². The lowest BCUT2D eigenvalue weighted by Gasteiger charge is -2.36. The fourth-order valence-corrected chi connectivity index (χ4v) is 4.31. The zero-order chi connectivity index (χ0) is 18.5. The molecule has 1 fully saturated rings. The first kappa shape index (κ1) is 17.9. The van der Waals surface area contributed by atoms with Crippen molar-refractivity contribution in [3.05, 3.63) is 76.7 Å². The summed E-state index contributed by atoms with van der Waals surface area (Å²) in [6, 6.07) is 14.2. The molecular formula is C22H22N2O2S. The molecular weight excluding hydrogens is 356 g/mol. The van der Waals surface area contributed by atoms with Crippen LogP contribution in [0.1, 0.15) is 24.0 Å². The summed E-state index contributed by atoms with van der Waals surface area (Å²) >= 11 is 1.67. The first-order valence-electron chi connectivity index (χ1n) is 9.16. The van der Waals surface area contributed by atoms with Gasteiger partial charge in [-0.3, -0.25) is 9.78 Å². The molecule has 4 rings (SSSR count). The van der Waals surface area contributed by atoms with E-state index in [2.05, 4.69) is 33.2 Å². The average molecular weight is 378 g/mol. The minimum Gasteiger partial charge on any atom is -0.381 e. The molecule has 0 bridgehead atoms. The van der Waals surface area contributed by atoms with Gasteiger partial charge in [0, 0.05) is 37.7 Å². The summed E-state index contributed by atoms with van der Waals surface area (Å²) in [4.78, 5) is 17.6. The molecule has 138 valence electrons. The molecule has 0 saturated carbocycles. The molecule has 3 heterocycles. The number of pyridine rings is 1. The number of benzene rings is 1. The number of thiophene rings is 1. The van der Waals surface area contributed by atoms with Crippen LogP contribution in [-0.4, -0.2) is 24.1 Å². The van der Waals surface area contributed by atoms with Crippen LogP contribution in [0.3, 0.4) is 0 Å². The Bertz CT molecular complexity index is 888. The van der Waals surface area contributed by atoms with Gasteiger partial charge in [-0.15, -0.1) is 0 Å². The molecule has 27 heavy (non-hydrogen) atoms. The molecule has 1 aromatic carbocycles. The van der Waals surface area contributed by atoms with Gasteiger partial charge in [0.15, 0.2) is 0 Å². The molecule has 0 unspecified atom stereocenters. The lowest BCUT2D eigenvalue weighted by atomic mass is 9.73. The third kappa shape index (κ3) is 3.80. The van der Waals surface area contributed by atoms with Gasteiger partial charge in [-0.25, -0.2) is 0 Å². The Morgan fingerprint density at radius 3 is 2.67 bits per heavy atom. The van der Waals surface area contributed by atoms with Crippen molar-refractivity contribution in [2.45, 2.75) is 24.8 Å². The second-order valence-corrected chi connectivity index (χ2v) is 7.62. The molecule has 1 aliphatic heterocycles. The number of rotatable bonds is 5. The quantitative estimate of drug-likeness (QED) is 0.725. The summed E-state index contributed by atoms with van der Waals surface area (Å²) < 4.78 is 5.53. The topological polar surface area (TPSA) is 51.2 Å². The number of hydrogen-bond donors (Lipinski definition) is 1. The maximum Gasteiger partial charge on any atom is 0.231 e. The highest BCUT2D eigenvalue weighted by atomic mass is 32.1. The number of carbonyl (C=O) groups excluding carboxylic acids is 1. The summed E-state index contributed by atoms with van der Waals surface area (Å²) in [5.74, 6) is 0.0675. The Kier molecular flexibility index (Phi) is 5.32. The van der Waals surface area contributed by atoms with E-state index in [-0.39, 0.29) is 5.91 Å². The number of nitrogens with zero attached hydrogens (tertiary/aromatic N) is 1. The van der Waals surface area contributed by atoms with E-state index in [1.165, 1.54) is 0 Å². The Hall–Kier alpha value is -2.50.